The van der Waals surface area contributed by atoms with Crippen molar-refractivity contribution in [3.63, 3.8) is 0 Å². The minimum atomic E-state index is -0.409. The molecular formula is C13H18N4O3. The van der Waals surface area contributed by atoms with Crippen LogP contribution in [0.25, 0.3) is 0 Å². The van der Waals surface area contributed by atoms with E-state index in [2.05, 4.69) is 9.97 Å². The summed E-state index contributed by atoms with van der Waals surface area (Å²) in [5.41, 5.74) is 0.0905. The number of carbonyl (C=O) groups excluding carboxylic acids is 2. The molecule has 3 rings (SSSR count). The summed E-state index contributed by atoms with van der Waals surface area (Å²) in [7, 11) is 1.77. The van der Waals surface area contributed by atoms with Crippen molar-refractivity contribution in [2.24, 2.45) is 0 Å². The molecular weight excluding hydrogens is 260 g/mol. The van der Waals surface area contributed by atoms with Crippen molar-refractivity contribution in [2.45, 2.75) is 18.9 Å². The molecule has 3 heterocycles. The number of nitrogens with zero attached hydrogens (tertiary/aromatic N) is 3. The van der Waals surface area contributed by atoms with Gasteiger partial charge in [0.25, 0.3) is 5.91 Å². The Labute approximate surface area is 116 Å². The number of rotatable bonds is 1. The Bertz CT molecular complexity index is 556. The van der Waals surface area contributed by atoms with Crippen LogP contribution >= 0.6 is 0 Å². The largest absolute Gasteiger partial charge is 0.361 e. The molecule has 1 spiro atoms. The lowest BCUT2D eigenvalue weighted by Gasteiger charge is -2.38. The first-order chi connectivity index (χ1) is 9.49. The first kappa shape index (κ1) is 13.1. The highest BCUT2D eigenvalue weighted by atomic mass is 16.5. The summed E-state index contributed by atoms with van der Waals surface area (Å²) in [5, 5.41) is 0. The van der Waals surface area contributed by atoms with Crippen LogP contribution in [0.2, 0.25) is 0 Å². The maximum absolute atomic E-state index is 12.4. The van der Waals surface area contributed by atoms with E-state index in [4.69, 9.17) is 4.74 Å². The molecule has 7 heteroatoms. The van der Waals surface area contributed by atoms with E-state index in [1.807, 2.05) is 6.92 Å². The molecule has 1 aromatic rings. The smallest absolute Gasteiger partial charge is 0.272 e. The second kappa shape index (κ2) is 4.59. The first-order valence-electron chi connectivity index (χ1n) is 6.68. The van der Waals surface area contributed by atoms with Crippen molar-refractivity contribution < 1.29 is 14.3 Å². The summed E-state index contributed by atoms with van der Waals surface area (Å²) in [6.45, 7) is 3.60. The summed E-state index contributed by atoms with van der Waals surface area (Å²) in [6, 6.07) is 0. The Balaban J connectivity index is 1.70. The molecule has 1 atom stereocenters. The predicted octanol–water partition coefficient (Wildman–Crippen LogP) is -0.209. The lowest BCUT2D eigenvalue weighted by atomic mass is 10.0. The van der Waals surface area contributed by atoms with Gasteiger partial charge in [-0.15, -0.1) is 0 Å². The van der Waals surface area contributed by atoms with Crippen molar-refractivity contribution in [3.8, 4) is 0 Å². The van der Waals surface area contributed by atoms with Crippen LogP contribution in [0.15, 0.2) is 6.20 Å². The quantitative estimate of drug-likeness (QED) is 0.771. The molecule has 2 aliphatic heterocycles. The third kappa shape index (κ3) is 2.18. The number of likely N-dealkylation sites (N-methyl/N-ethyl adjacent to an activating group) is 1. The van der Waals surface area contributed by atoms with E-state index in [9.17, 15) is 9.59 Å². The second-order valence-corrected chi connectivity index (χ2v) is 5.58. The van der Waals surface area contributed by atoms with Gasteiger partial charge in [0.1, 0.15) is 23.7 Å². The molecule has 2 fully saturated rings. The molecule has 0 radical (unpaired) electrons. The summed E-state index contributed by atoms with van der Waals surface area (Å²) in [6.07, 6.45) is 2.31. The average Bonchev–Trinajstić information content (AvgIpc) is 3.01. The highest BCUT2D eigenvalue weighted by molar-refractivity contribution is 5.92. The zero-order valence-electron chi connectivity index (χ0n) is 11.7. The number of aryl methyl sites for hydroxylation is 1. The van der Waals surface area contributed by atoms with Gasteiger partial charge in [0, 0.05) is 13.6 Å². The third-order valence-electron chi connectivity index (χ3n) is 3.99. The van der Waals surface area contributed by atoms with Crippen molar-refractivity contribution in [1.82, 2.24) is 19.8 Å². The van der Waals surface area contributed by atoms with Gasteiger partial charge in [-0.05, 0) is 13.3 Å². The molecule has 0 aliphatic carbocycles. The summed E-state index contributed by atoms with van der Waals surface area (Å²) in [5.74, 6) is 0.650. The number of H-pyrrole nitrogens is 1. The molecule has 0 saturated carbocycles. The maximum Gasteiger partial charge on any atom is 0.272 e. The van der Waals surface area contributed by atoms with E-state index in [-0.39, 0.29) is 18.4 Å². The van der Waals surface area contributed by atoms with E-state index >= 15 is 0 Å². The molecule has 20 heavy (non-hydrogen) atoms. The van der Waals surface area contributed by atoms with Gasteiger partial charge in [0.2, 0.25) is 5.91 Å². The van der Waals surface area contributed by atoms with Crippen molar-refractivity contribution in [1.29, 1.82) is 0 Å². The molecule has 2 aliphatic rings. The zero-order chi connectivity index (χ0) is 14.3. The number of hydrogen-bond donors (Lipinski definition) is 1. The van der Waals surface area contributed by atoms with Crippen LogP contribution in [0.5, 0.6) is 0 Å². The van der Waals surface area contributed by atoms with Crippen LogP contribution in [0, 0.1) is 6.92 Å². The van der Waals surface area contributed by atoms with Crippen molar-refractivity contribution >= 4 is 11.8 Å². The van der Waals surface area contributed by atoms with Crippen LogP contribution in [0.1, 0.15) is 22.7 Å². The summed E-state index contributed by atoms with van der Waals surface area (Å²) < 4.78 is 5.72. The minimum absolute atomic E-state index is 0.00963. The van der Waals surface area contributed by atoms with Crippen LogP contribution in [-0.2, 0) is 9.53 Å². The van der Waals surface area contributed by atoms with Crippen molar-refractivity contribution in [3.05, 3.63) is 17.7 Å². The lowest BCUT2D eigenvalue weighted by Crippen LogP contribution is -2.54. The van der Waals surface area contributed by atoms with Gasteiger partial charge in [-0.25, -0.2) is 4.98 Å². The second-order valence-electron chi connectivity index (χ2n) is 5.58. The van der Waals surface area contributed by atoms with Crippen LogP contribution in [-0.4, -0.2) is 70.5 Å². The van der Waals surface area contributed by atoms with Gasteiger partial charge in [-0.3, -0.25) is 9.59 Å². The third-order valence-corrected chi connectivity index (χ3v) is 3.99. The fourth-order valence-corrected chi connectivity index (χ4v) is 2.86. The van der Waals surface area contributed by atoms with Crippen LogP contribution in [0.3, 0.4) is 0 Å². The van der Waals surface area contributed by atoms with E-state index in [0.29, 0.717) is 25.3 Å². The number of likely N-dealkylation sites (tertiary alicyclic amines) is 1. The normalized spacial score (nSPS) is 26.6. The highest BCUT2D eigenvalue weighted by Crippen LogP contribution is 2.29. The van der Waals surface area contributed by atoms with Crippen LogP contribution < -0.4 is 0 Å². The van der Waals surface area contributed by atoms with Gasteiger partial charge < -0.3 is 19.5 Å². The molecule has 108 valence electrons. The van der Waals surface area contributed by atoms with E-state index in [1.165, 1.54) is 0 Å². The predicted molar refractivity (Wildman–Crippen MR) is 70.2 cm³/mol. The molecule has 0 bridgehead atoms. The molecule has 1 N–H and O–H groups in total. The standard InChI is InChI=1S/C13H18N4O3/c1-9-14-5-10(15-9)12(19)17-4-3-13(8-17)7-16(2)11(18)6-20-13/h5H,3-4,6-8H2,1-2H3,(H,14,15)/t13-/m0/s1. The van der Waals surface area contributed by atoms with Gasteiger partial charge >= 0.3 is 0 Å². The number of carbonyl (C=O) groups is 2. The Kier molecular flexibility index (Phi) is 3.01. The molecule has 0 unspecified atom stereocenters. The molecule has 7 nitrogen and oxygen atoms in total. The fourth-order valence-electron chi connectivity index (χ4n) is 2.86. The minimum Gasteiger partial charge on any atom is -0.361 e. The number of aromatic nitrogens is 2. The Morgan fingerprint density at radius 2 is 2.30 bits per heavy atom. The van der Waals surface area contributed by atoms with E-state index in [1.54, 1.807) is 23.0 Å². The Hall–Kier alpha value is -1.89. The number of nitrogens with one attached hydrogen (secondary N) is 1. The topological polar surface area (TPSA) is 78.5 Å². The number of aromatic amines is 1. The van der Waals surface area contributed by atoms with Gasteiger partial charge in [-0.2, -0.15) is 0 Å². The van der Waals surface area contributed by atoms with Gasteiger partial charge in [-0.1, -0.05) is 0 Å². The summed E-state index contributed by atoms with van der Waals surface area (Å²) >= 11 is 0. The van der Waals surface area contributed by atoms with Gasteiger partial charge in [0.15, 0.2) is 0 Å². The maximum atomic E-state index is 12.4. The fraction of sp³-hybridized carbons (Fsp3) is 0.615. The zero-order valence-corrected chi connectivity index (χ0v) is 11.7. The van der Waals surface area contributed by atoms with Gasteiger partial charge in [0.05, 0.1) is 19.3 Å². The Morgan fingerprint density at radius 1 is 1.50 bits per heavy atom. The van der Waals surface area contributed by atoms with Crippen molar-refractivity contribution in [2.75, 3.05) is 33.3 Å². The molecule has 2 amide bonds. The molecule has 2 saturated heterocycles. The first-order valence-corrected chi connectivity index (χ1v) is 6.68. The van der Waals surface area contributed by atoms with E-state index in [0.717, 1.165) is 12.2 Å². The number of hydrogen-bond acceptors (Lipinski definition) is 4. The molecule has 0 aromatic carbocycles. The monoisotopic (exact) mass is 278 g/mol. The SMILES string of the molecule is Cc1ncc(C(=O)N2CC[C@]3(CN(C)C(=O)CO3)C2)[nH]1. The van der Waals surface area contributed by atoms with Crippen LogP contribution in [0.4, 0.5) is 0 Å². The average molecular weight is 278 g/mol. The molecule has 1 aromatic heterocycles. The van der Waals surface area contributed by atoms with E-state index < -0.39 is 5.60 Å². The number of ether oxygens (including phenoxy) is 1. The number of imidazole rings is 1. The highest BCUT2D eigenvalue weighted by Gasteiger charge is 2.45. The number of morpholine rings is 1. The lowest BCUT2D eigenvalue weighted by molar-refractivity contribution is -0.158. The summed E-state index contributed by atoms with van der Waals surface area (Å²) in [4.78, 5) is 34.3. The Morgan fingerprint density at radius 3 is 2.95 bits per heavy atom. The number of amides is 2.